The molecular formula is C19H35Cl2N7O. The van der Waals surface area contributed by atoms with Gasteiger partial charge in [0.05, 0.1) is 12.7 Å². The first kappa shape index (κ1) is 24.3. The zero-order valence-corrected chi connectivity index (χ0v) is 19.0. The second-order valence-electron chi connectivity index (χ2n) is 8.26. The average Bonchev–Trinajstić information content (AvgIpc) is 2.99. The zero-order valence-electron chi connectivity index (χ0n) is 17.3. The molecule has 0 aromatic carbocycles. The van der Waals surface area contributed by atoms with Gasteiger partial charge in [0.2, 0.25) is 0 Å². The van der Waals surface area contributed by atoms with Crippen molar-refractivity contribution in [2.75, 3.05) is 58.9 Å². The largest absolute Gasteiger partial charge is 0.335 e. The molecule has 1 N–H and O–H groups in total. The summed E-state index contributed by atoms with van der Waals surface area (Å²) in [5.74, 6) is 0.653. The quantitative estimate of drug-likeness (QED) is 0.700. The van der Waals surface area contributed by atoms with E-state index in [2.05, 4.69) is 32.4 Å². The number of carbonyl (C=O) groups is 1. The van der Waals surface area contributed by atoms with Gasteiger partial charge in [0.15, 0.2) is 5.69 Å². The monoisotopic (exact) mass is 447 g/mol. The number of nitrogens with zero attached hydrogens (tertiary/aromatic N) is 6. The van der Waals surface area contributed by atoms with E-state index in [0.29, 0.717) is 17.7 Å². The smallest absolute Gasteiger partial charge is 0.276 e. The molecule has 0 aliphatic carbocycles. The molecule has 4 fully saturated rings. The van der Waals surface area contributed by atoms with Crippen LogP contribution in [0.4, 0.5) is 0 Å². The molecule has 0 spiro atoms. The molecular weight excluding hydrogens is 413 g/mol. The second kappa shape index (κ2) is 11.5. The number of halogens is 2. The predicted octanol–water partition coefficient (Wildman–Crippen LogP) is 0.973. The van der Waals surface area contributed by atoms with Gasteiger partial charge in [-0.15, -0.1) is 29.9 Å². The van der Waals surface area contributed by atoms with Crippen molar-refractivity contribution >= 4 is 30.7 Å². The predicted molar refractivity (Wildman–Crippen MR) is 118 cm³/mol. The van der Waals surface area contributed by atoms with E-state index in [1.54, 1.807) is 0 Å². The van der Waals surface area contributed by atoms with Gasteiger partial charge in [0.1, 0.15) is 0 Å². The average molecular weight is 448 g/mol. The molecule has 2 atom stereocenters. The molecule has 5 rings (SSSR count). The van der Waals surface area contributed by atoms with Crippen molar-refractivity contribution in [1.82, 2.24) is 35.0 Å². The number of amides is 1. The Morgan fingerprint density at radius 1 is 1.10 bits per heavy atom. The second-order valence-corrected chi connectivity index (χ2v) is 8.26. The van der Waals surface area contributed by atoms with Gasteiger partial charge in [0, 0.05) is 58.4 Å². The number of piperidine rings is 1. The Labute approximate surface area is 186 Å². The van der Waals surface area contributed by atoms with E-state index in [1.165, 1.54) is 19.3 Å². The van der Waals surface area contributed by atoms with Crippen LogP contribution in [0.3, 0.4) is 0 Å². The first-order valence-electron chi connectivity index (χ1n) is 10.6. The summed E-state index contributed by atoms with van der Waals surface area (Å²) >= 11 is 0. The minimum Gasteiger partial charge on any atom is -0.335 e. The topological polar surface area (TPSA) is 69.5 Å². The SMILES string of the molecule is CCCN1C[C@H]2CC[C@@H]1CN(C(=O)c1cn(CCN3CCNCC3)nn1)C2.Cl.Cl. The van der Waals surface area contributed by atoms with Crippen LogP contribution < -0.4 is 5.32 Å². The molecule has 166 valence electrons. The Hall–Kier alpha value is -0.930. The van der Waals surface area contributed by atoms with E-state index in [4.69, 9.17) is 0 Å². The Morgan fingerprint density at radius 2 is 1.90 bits per heavy atom. The summed E-state index contributed by atoms with van der Waals surface area (Å²) in [5.41, 5.74) is 0.499. The third kappa shape index (κ3) is 6.04. The van der Waals surface area contributed by atoms with E-state index >= 15 is 0 Å². The first-order chi connectivity index (χ1) is 13.2. The lowest BCUT2D eigenvalue weighted by Gasteiger charge is -2.35. The number of nitrogens with one attached hydrogen (secondary N) is 1. The molecule has 29 heavy (non-hydrogen) atoms. The van der Waals surface area contributed by atoms with Crippen molar-refractivity contribution in [2.45, 2.75) is 38.8 Å². The highest BCUT2D eigenvalue weighted by Gasteiger charge is 2.36. The van der Waals surface area contributed by atoms with Crippen LogP contribution in [0.1, 0.15) is 36.7 Å². The molecule has 0 saturated carbocycles. The molecule has 5 heterocycles. The van der Waals surface area contributed by atoms with E-state index in [9.17, 15) is 4.79 Å². The van der Waals surface area contributed by atoms with Gasteiger partial charge in [-0.3, -0.25) is 19.3 Å². The fourth-order valence-electron chi connectivity index (χ4n) is 4.75. The van der Waals surface area contributed by atoms with Gasteiger partial charge >= 0.3 is 0 Å². The lowest BCUT2D eigenvalue weighted by Crippen LogP contribution is -2.44. The van der Waals surface area contributed by atoms with Crippen LogP contribution in [-0.2, 0) is 6.54 Å². The van der Waals surface area contributed by atoms with E-state index in [0.717, 1.165) is 65.4 Å². The maximum absolute atomic E-state index is 13.0. The fourth-order valence-corrected chi connectivity index (χ4v) is 4.75. The minimum absolute atomic E-state index is 0. The highest BCUT2D eigenvalue weighted by molar-refractivity contribution is 5.92. The molecule has 0 radical (unpaired) electrons. The van der Waals surface area contributed by atoms with E-state index < -0.39 is 0 Å². The van der Waals surface area contributed by atoms with Crippen LogP contribution in [0.2, 0.25) is 0 Å². The van der Waals surface area contributed by atoms with Crippen molar-refractivity contribution in [1.29, 1.82) is 0 Å². The first-order valence-corrected chi connectivity index (χ1v) is 10.6. The number of aromatic nitrogens is 3. The maximum Gasteiger partial charge on any atom is 0.276 e. The van der Waals surface area contributed by atoms with Crippen LogP contribution in [0.15, 0.2) is 6.20 Å². The summed E-state index contributed by atoms with van der Waals surface area (Å²) in [7, 11) is 0. The van der Waals surface area contributed by atoms with Crippen LogP contribution in [0, 0.1) is 5.92 Å². The molecule has 2 bridgehead atoms. The van der Waals surface area contributed by atoms with Gasteiger partial charge in [0.25, 0.3) is 5.91 Å². The standard InChI is InChI=1S/C19H33N7O.2ClH/c1-2-7-24-12-16-3-4-17(24)14-25(13-16)19(27)18-15-26(22-21-18)11-10-23-8-5-20-6-9-23;;/h15-17,20H,2-14H2,1H3;2*1H/t16-,17-;;/m1../s1. The lowest BCUT2D eigenvalue weighted by molar-refractivity contribution is 0.0732. The number of fused-ring (bicyclic) bond motifs is 4. The van der Waals surface area contributed by atoms with Crippen molar-refractivity contribution < 1.29 is 4.79 Å². The number of carbonyl (C=O) groups excluding carboxylic acids is 1. The molecule has 1 aromatic heterocycles. The summed E-state index contributed by atoms with van der Waals surface area (Å²) in [5, 5.41) is 11.8. The molecule has 1 amide bonds. The van der Waals surface area contributed by atoms with Gasteiger partial charge < -0.3 is 10.2 Å². The Bertz CT molecular complexity index is 638. The summed E-state index contributed by atoms with van der Waals surface area (Å²) in [4.78, 5) is 20.1. The number of hydrogen-bond donors (Lipinski definition) is 1. The van der Waals surface area contributed by atoms with Gasteiger partial charge in [-0.2, -0.15) is 0 Å². The van der Waals surface area contributed by atoms with Gasteiger partial charge in [-0.05, 0) is 31.7 Å². The normalized spacial score (nSPS) is 25.2. The highest BCUT2D eigenvalue weighted by atomic mass is 35.5. The van der Waals surface area contributed by atoms with Crippen LogP contribution in [0.5, 0.6) is 0 Å². The number of hydrogen-bond acceptors (Lipinski definition) is 6. The van der Waals surface area contributed by atoms with Gasteiger partial charge in [-0.1, -0.05) is 12.1 Å². The van der Waals surface area contributed by atoms with Crippen molar-refractivity contribution in [3.05, 3.63) is 11.9 Å². The third-order valence-corrected chi connectivity index (χ3v) is 6.24. The van der Waals surface area contributed by atoms with Gasteiger partial charge in [-0.25, -0.2) is 0 Å². The number of piperazine rings is 1. The highest BCUT2D eigenvalue weighted by Crippen LogP contribution is 2.28. The molecule has 10 heteroatoms. The molecule has 0 unspecified atom stereocenters. The molecule has 4 saturated heterocycles. The van der Waals surface area contributed by atoms with Crippen molar-refractivity contribution in [3.63, 3.8) is 0 Å². The van der Waals surface area contributed by atoms with Crippen LogP contribution >= 0.6 is 24.8 Å². The van der Waals surface area contributed by atoms with Crippen LogP contribution in [-0.4, -0.2) is 101 Å². The molecule has 8 nitrogen and oxygen atoms in total. The van der Waals surface area contributed by atoms with E-state index in [1.807, 2.05) is 15.8 Å². The summed E-state index contributed by atoms with van der Waals surface area (Å²) in [6.07, 6.45) is 5.47. The Morgan fingerprint density at radius 3 is 2.66 bits per heavy atom. The summed E-state index contributed by atoms with van der Waals surface area (Å²) in [6.45, 7) is 12.2. The van der Waals surface area contributed by atoms with Crippen LogP contribution in [0.25, 0.3) is 0 Å². The van der Waals surface area contributed by atoms with E-state index in [-0.39, 0.29) is 30.7 Å². The fraction of sp³-hybridized carbons (Fsp3) is 0.842. The minimum atomic E-state index is 0. The molecule has 1 aromatic rings. The number of rotatable bonds is 6. The van der Waals surface area contributed by atoms with Crippen molar-refractivity contribution in [3.8, 4) is 0 Å². The summed E-state index contributed by atoms with van der Waals surface area (Å²) < 4.78 is 1.82. The van der Waals surface area contributed by atoms with Crippen molar-refractivity contribution in [2.24, 2.45) is 5.92 Å². The zero-order chi connectivity index (χ0) is 18.6. The molecule has 4 aliphatic heterocycles. The third-order valence-electron chi connectivity index (χ3n) is 6.24. The Balaban J connectivity index is 0.00000150. The molecule has 4 aliphatic rings. The Kier molecular flexibility index (Phi) is 9.62. The lowest BCUT2D eigenvalue weighted by atomic mass is 9.95. The maximum atomic E-state index is 13.0. The summed E-state index contributed by atoms with van der Waals surface area (Å²) in [6, 6.07) is 0.510.